The number of hydrogen-bond donors (Lipinski definition) is 1. The molecule has 0 heterocycles. The van der Waals surface area contributed by atoms with E-state index in [0.717, 1.165) is 5.56 Å². The molecule has 1 unspecified atom stereocenters. The molecule has 0 saturated carbocycles. The van der Waals surface area contributed by atoms with Gasteiger partial charge in [0, 0.05) is 11.7 Å². The molecule has 16 heavy (non-hydrogen) atoms. The Hall–Kier alpha value is -1.26. The molecule has 0 saturated heterocycles. The summed E-state index contributed by atoms with van der Waals surface area (Å²) in [6.07, 6.45) is -5.16. The van der Waals surface area contributed by atoms with Crippen molar-refractivity contribution in [1.82, 2.24) is 0 Å². The van der Waals surface area contributed by atoms with E-state index in [9.17, 15) is 17.6 Å². The third kappa shape index (κ3) is 4.08. The molecule has 0 aromatic heterocycles. The summed E-state index contributed by atoms with van der Waals surface area (Å²) >= 11 is 0. The molecule has 1 nitrogen and oxygen atoms in total. The van der Waals surface area contributed by atoms with E-state index in [4.69, 9.17) is 0 Å². The number of nitrogens with one attached hydrogen (secondary N) is 1. The maximum absolute atomic E-state index is 12.9. The lowest BCUT2D eigenvalue weighted by Gasteiger charge is -2.18. The summed E-state index contributed by atoms with van der Waals surface area (Å²) in [5.41, 5.74) is 1.12. The van der Waals surface area contributed by atoms with Crippen LogP contribution in [0.25, 0.3) is 0 Å². The molecular formula is C11H13F4N. The highest BCUT2D eigenvalue weighted by Crippen LogP contribution is 2.24. The fourth-order valence-corrected chi connectivity index (χ4v) is 1.41. The highest BCUT2D eigenvalue weighted by Gasteiger charge is 2.30. The molecule has 5 heteroatoms. The third-order valence-electron chi connectivity index (χ3n) is 2.14. The lowest BCUT2D eigenvalue weighted by atomic mass is 10.1. The monoisotopic (exact) mass is 235 g/mol. The molecule has 1 rings (SSSR count). The van der Waals surface area contributed by atoms with E-state index >= 15 is 0 Å². The van der Waals surface area contributed by atoms with Crippen molar-refractivity contribution < 1.29 is 17.6 Å². The summed E-state index contributed by atoms with van der Waals surface area (Å²) in [6, 6.07) is 3.22. The number of halogens is 4. The maximum Gasteiger partial charge on any atom is 0.391 e. The number of anilines is 1. The normalized spacial score (nSPS) is 13.6. The second-order valence-corrected chi connectivity index (χ2v) is 3.82. The van der Waals surface area contributed by atoms with E-state index in [-0.39, 0.29) is 0 Å². The van der Waals surface area contributed by atoms with Crippen molar-refractivity contribution >= 4 is 5.69 Å². The Labute approximate surface area is 91.5 Å². The SMILES string of the molecule is Cc1ccc(F)cc1NC(C)CC(F)(F)F. The summed E-state index contributed by atoms with van der Waals surface area (Å²) in [5, 5.41) is 2.65. The van der Waals surface area contributed by atoms with Gasteiger partial charge in [0.15, 0.2) is 0 Å². The molecule has 1 aromatic rings. The van der Waals surface area contributed by atoms with Crippen LogP contribution in [0.2, 0.25) is 0 Å². The van der Waals surface area contributed by atoms with Crippen molar-refractivity contribution in [1.29, 1.82) is 0 Å². The van der Waals surface area contributed by atoms with E-state index in [1.807, 2.05) is 0 Å². The van der Waals surface area contributed by atoms with Gasteiger partial charge >= 0.3 is 6.18 Å². The first kappa shape index (κ1) is 12.8. The van der Waals surface area contributed by atoms with E-state index in [1.54, 1.807) is 6.92 Å². The van der Waals surface area contributed by atoms with Gasteiger partial charge in [0.2, 0.25) is 0 Å². The van der Waals surface area contributed by atoms with Gasteiger partial charge in [-0.25, -0.2) is 4.39 Å². The van der Waals surface area contributed by atoms with Gasteiger partial charge < -0.3 is 5.32 Å². The van der Waals surface area contributed by atoms with Crippen LogP contribution in [0.5, 0.6) is 0 Å². The number of alkyl halides is 3. The zero-order chi connectivity index (χ0) is 12.3. The molecule has 0 aliphatic carbocycles. The standard InChI is InChI=1S/C11H13F4N/c1-7-3-4-9(12)5-10(7)16-8(2)6-11(13,14)15/h3-5,8,16H,6H2,1-2H3. The molecule has 0 amide bonds. The summed E-state index contributed by atoms with van der Waals surface area (Å²) in [4.78, 5) is 0. The summed E-state index contributed by atoms with van der Waals surface area (Å²) < 4.78 is 49.1. The Balaban J connectivity index is 2.69. The first-order chi connectivity index (χ1) is 7.28. The smallest absolute Gasteiger partial charge is 0.382 e. The maximum atomic E-state index is 12.9. The van der Waals surface area contributed by atoms with Gasteiger partial charge in [-0.3, -0.25) is 0 Å². The minimum absolute atomic E-state index is 0.400. The summed E-state index contributed by atoms with van der Waals surface area (Å²) in [5.74, 6) is -0.465. The zero-order valence-electron chi connectivity index (χ0n) is 9.03. The van der Waals surface area contributed by atoms with Crippen molar-refractivity contribution in [3.8, 4) is 0 Å². The van der Waals surface area contributed by atoms with Crippen LogP contribution in [0.3, 0.4) is 0 Å². The Kier molecular flexibility index (Phi) is 3.78. The lowest BCUT2D eigenvalue weighted by molar-refractivity contribution is -0.136. The first-order valence-corrected chi connectivity index (χ1v) is 4.87. The minimum atomic E-state index is -4.21. The van der Waals surface area contributed by atoms with Gasteiger partial charge in [-0.15, -0.1) is 0 Å². The van der Waals surface area contributed by atoms with E-state index in [1.165, 1.54) is 25.1 Å². The number of hydrogen-bond acceptors (Lipinski definition) is 1. The molecule has 90 valence electrons. The largest absolute Gasteiger partial charge is 0.391 e. The van der Waals surface area contributed by atoms with Crippen LogP contribution in [0.1, 0.15) is 18.9 Å². The van der Waals surface area contributed by atoms with Gasteiger partial charge in [-0.1, -0.05) is 6.07 Å². The minimum Gasteiger partial charge on any atom is -0.382 e. The third-order valence-corrected chi connectivity index (χ3v) is 2.14. The van der Waals surface area contributed by atoms with Crippen molar-refractivity contribution in [2.45, 2.75) is 32.5 Å². The molecule has 0 radical (unpaired) electrons. The molecule has 0 aliphatic heterocycles. The van der Waals surface area contributed by atoms with Gasteiger partial charge in [-0.05, 0) is 31.5 Å². The van der Waals surface area contributed by atoms with Crippen LogP contribution in [0.15, 0.2) is 18.2 Å². The summed E-state index contributed by atoms with van der Waals surface area (Å²) in [7, 11) is 0. The van der Waals surface area contributed by atoms with Crippen molar-refractivity contribution in [3.63, 3.8) is 0 Å². The Morgan fingerprint density at radius 1 is 1.31 bits per heavy atom. The lowest BCUT2D eigenvalue weighted by Crippen LogP contribution is -2.24. The van der Waals surface area contributed by atoms with Crippen LogP contribution < -0.4 is 5.32 Å². The van der Waals surface area contributed by atoms with Gasteiger partial charge in [0.1, 0.15) is 5.82 Å². The van der Waals surface area contributed by atoms with Gasteiger partial charge in [-0.2, -0.15) is 13.2 Å². The van der Waals surface area contributed by atoms with Crippen molar-refractivity contribution in [3.05, 3.63) is 29.6 Å². The van der Waals surface area contributed by atoms with E-state index in [0.29, 0.717) is 5.69 Å². The quantitative estimate of drug-likeness (QED) is 0.784. The van der Waals surface area contributed by atoms with Crippen LogP contribution in [0, 0.1) is 12.7 Å². The van der Waals surface area contributed by atoms with E-state index < -0.39 is 24.5 Å². The Morgan fingerprint density at radius 3 is 2.50 bits per heavy atom. The average molecular weight is 235 g/mol. The topological polar surface area (TPSA) is 12.0 Å². The van der Waals surface area contributed by atoms with Crippen LogP contribution >= 0.6 is 0 Å². The van der Waals surface area contributed by atoms with E-state index in [2.05, 4.69) is 5.32 Å². The van der Waals surface area contributed by atoms with Crippen molar-refractivity contribution in [2.75, 3.05) is 5.32 Å². The second kappa shape index (κ2) is 4.72. The molecule has 1 N–H and O–H groups in total. The van der Waals surface area contributed by atoms with Crippen LogP contribution in [0.4, 0.5) is 23.2 Å². The average Bonchev–Trinajstić information content (AvgIpc) is 2.08. The number of rotatable bonds is 3. The zero-order valence-corrected chi connectivity index (χ0v) is 9.03. The Morgan fingerprint density at radius 2 is 1.94 bits per heavy atom. The molecule has 0 bridgehead atoms. The van der Waals surface area contributed by atoms with Crippen molar-refractivity contribution in [2.24, 2.45) is 0 Å². The molecule has 0 aliphatic rings. The number of benzene rings is 1. The van der Waals surface area contributed by atoms with Gasteiger partial charge in [0.05, 0.1) is 6.42 Å². The fraction of sp³-hybridized carbons (Fsp3) is 0.455. The molecule has 1 aromatic carbocycles. The highest BCUT2D eigenvalue weighted by molar-refractivity contribution is 5.51. The first-order valence-electron chi connectivity index (χ1n) is 4.87. The van der Waals surface area contributed by atoms with Crippen LogP contribution in [-0.4, -0.2) is 12.2 Å². The molecule has 1 atom stereocenters. The Bertz CT molecular complexity index is 359. The van der Waals surface area contributed by atoms with Gasteiger partial charge in [0.25, 0.3) is 0 Å². The molecule has 0 fully saturated rings. The van der Waals surface area contributed by atoms with Crippen LogP contribution in [-0.2, 0) is 0 Å². The predicted molar refractivity (Wildman–Crippen MR) is 54.9 cm³/mol. The second-order valence-electron chi connectivity index (χ2n) is 3.82. The molecular weight excluding hydrogens is 222 g/mol. The highest BCUT2D eigenvalue weighted by atomic mass is 19.4. The number of aryl methyl sites for hydroxylation is 1. The fourth-order valence-electron chi connectivity index (χ4n) is 1.41. The predicted octanol–water partition coefficient (Wildman–Crippen LogP) is 3.89. The summed E-state index contributed by atoms with van der Waals surface area (Å²) in [6.45, 7) is 3.12. The molecule has 0 spiro atoms.